The first-order valence-corrected chi connectivity index (χ1v) is 7.31. The van der Waals surface area contributed by atoms with Crippen LogP contribution in [0.5, 0.6) is 0 Å². The minimum absolute atomic E-state index is 0.168. The summed E-state index contributed by atoms with van der Waals surface area (Å²) in [6.07, 6.45) is 4.96. The first-order valence-electron chi connectivity index (χ1n) is 7.31. The summed E-state index contributed by atoms with van der Waals surface area (Å²) in [7, 11) is 0. The second-order valence-electron chi connectivity index (χ2n) is 5.60. The Kier molecular flexibility index (Phi) is 4.65. The van der Waals surface area contributed by atoms with Crippen molar-refractivity contribution in [3.8, 4) is 0 Å². The van der Waals surface area contributed by atoms with Gasteiger partial charge in [0.15, 0.2) is 0 Å². The van der Waals surface area contributed by atoms with Gasteiger partial charge in [-0.05, 0) is 43.2 Å². The number of nitrogens with zero attached hydrogens (tertiary/aromatic N) is 1. The second-order valence-corrected chi connectivity index (χ2v) is 5.60. The number of nitrogens with two attached hydrogens (primary N) is 1. The van der Waals surface area contributed by atoms with Crippen LogP contribution in [0.1, 0.15) is 51.1 Å². The van der Waals surface area contributed by atoms with E-state index in [4.69, 9.17) is 5.73 Å². The Labute approximate surface area is 111 Å². The van der Waals surface area contributed by atoms with Crippen LogP contribution in [0, 0.1) is 5.92 Å². The second kappa shape index (κ2) is 6.24. The lowest BCUT2D eigenvalue weighted by Crippen LogP contribution is -2.26. The fourth-order valence-corrected chi connectivity index (χ4v) is 2.81. The molecule has 1 heterocycles. The van der Waals surface area contributed by atoms with E-state index in [9.17, 15) is 0 Å². The van der Waals surface area contributed by atoms with Gasteiger partial charge >= 0.3 is 0 Å². The first kappa shape index (κ1) is 13.4. The van der Waals surface area contributed by atoms with Crippen LogP contribution in [0.4, 0.5) is 5.69 Å². The molecule has 0 spiro atoms. The molecule has 2 rings (SSSR count). The third-order valence-electron chi connectivity index (χ3n) is 4.13. The Balaban J connectivity index is 2.21. The van der Waals surface area contributed by atoms with E-state index < -0.39 is 0 Å². The van der Waals surface area contributed by atoms with Gasteiger partial charge in [-0.15, -0.1) is 0 Å². The lowest BCUT2D eigenvalue weighted by Gasteiger charge is -2.27. The monoisotopic (exact) mass is 246 g/mol. The normalized spacial score (nSPS) is 22.6. The fraction of sp³-hybridized carbons (Fsp3) is 0.625. The molecule has 1 aromatic carbocycles. The van der Waals surface area contributed by atoms with Crippen molar-refractivity contribution in [2.24, 2.45) is 11.7 Å². The summed E-state index contributed by atoms with van der Waals surface area (Å²) in [6.45, 7) is 6.88. The van der Waals surface area contributed by atoms with Gasteiger partial charge in [-0.1, -0.05) is 32.0 Å². The SMILES string of the molecule is CC[C@H](N)c1ccccc1N1CCCC(C)CC1. The summed E-state index contributed by atoms with van der Waals surface area (Å²) < 4.78 is 0. The highest BCUT2D eigenvalue weighted by Crippen LogP contribution is 2.29. The topological polar surface area (TPSA) is 29.3 Å². The highest BCUT2D eigenvalue weighted by atomic mass is 15.1. The van der Waals surface area contributed by atoms with Crippen molar-refractivity contribution >= 4 is 5.69 Å². The van der Waals surface area contributed by atoms with E-state index in [2.05, 4.69) is 43.0 Å². The Morgan fingerprint density at radius 1 is 1.28 bits per heavy atom. The van der Waals surface area contributed by atoms with Gasteiger partial charge in [0.05, 0.1) is 0 Å². The molecule has 1 unspecified atom stereocenters. The van der Waals surface area contributed by atoms with Gasteiger partial charge in [0, 0.05) is 24.8 Å². The summed E-state index contributed by atoms with van der Waals surface area (Å²) in [5.41, 5.74) is 8.92. The molecule has 0 radical (unpaired) electrons. The standard InChI is InChI=1S/C16H26N2/c1-3-15(17)14-8-4-5-9-16(14)18-11-6-7-13(2)10-12-18/h4-5,8-9,13,15H,3,6-7,10-12,17H2,1-2H3/t13?,15-/m0/s1. The Morgan fingerprint density at radius 2 is 2.06 bits per heavy atom. The average Bonchev–Trinajstić information content (AvgIpc) is 2.62. The molecule has 2 atom stereocenters. The maximum atomic E-state index is 6.24. The smallest absolute Gasteiger partial charge is 0.0414 e. The summed E-state index contributed by atoms with van der Waals surface area (Å²) in [4.78, 5) is 2.54. The molecule has 1 aliphatic heterocycles. The first-order chi connectivity index (χ1) is 8.72. The summed E-state index contributed by atoms with van der Waals surface area (Å²) in [5.74, 6) is 0.863. The summed E-state index contributed by atoms with van der Waals surface area (Å²) in [6, 6.07) is 8.84. The molecular weight excluding hydrogens is 220 g/mol. The molecule has 1 aromatic rings. The van der Waals surface area contributed by atoms with Crippen LogP contribution in [-0.2, 0) is 0 Å². The number of hydrogen-bond acceptors (Lipinski definition) is 2. The van der Waals surface area contributed by atoms with Crippen molar-refractivity contribution in [2.45, 2.75) is 45.6 Å². The molecule has 0 aromatic heterocycles. The average molecular weight is 246 g/mol. The molecule has 0 saturated carbocycles. The van der Waals surface area contributed by atoms with Crippen LogP contribution in [-0.4, -0.2) is 13.1 Å². The van der Waals surface area contributed by atoms with Crippen molar-refractivity contribution in [3.63, 3.8) is 0 Å². The van der Waals surface area contributed by atoms with Crippen molar-refractivity contribution in [1.82, 2.24) is 0 Å². The molecule has 100 valence electrons. The van der Waals surface area contributed by atoms with Crippen LogP contribution >= 0.6 is 0 Å². The Bertz CT molecular complexity index is 375. The van der Waals surface area contributed by atoms with Gasteiger partial charge in [-0.25, -0.2) is 0 Å². The number of benzene rings is 1. The van der Waals surface area contributed by atoms with Gasteiger partial charge < -0.3 is 10.6 Å². The predicted molar refractivity (Wildman–Crippen MR) is 78.9 cm³/mol. The number of rotatable bonds is 3. The van der Waals surface area contributed by atoms with Crippen LogP contribution < -0.4 is 10.6 Å². The molecule has 0 bridgehead atoms. The molecular formula is C16H26N2. The minimum Gasteiger partial charge on any atom is -0.371 e. The van der Waals surface area contributed by atoms with Crippen LogP contribution in [0.25, 0.3) is 0 Å². The third kappa shape index (κ3) is 3.05. The summed E-state index contributed by atoms with van der Waals surface area (Å²) >= 11 is 0. The van der Waals surface area contributed by atoms with Crippen molar-refractivity contribution in [1.29, 1.82) is 0 Å². The maximum absolute atomic E-state index is 6.24. The number of para-hydroxylation sites is 1. The largest absolute Gasteiger partial charge is 0.371 e. The zero-order chi connectivity index (χ0) is 13.0. The molecule has 18 heavy (non-hydrogen) atoms. The van der Waals surface area contributed by atoms with Gasteiger partial charge in [-0.2, -0.15) is 0 Å². The van der Waals surface area contributed by atoms with E-state index >= 15 is 0 Å². The molecule has 1 aliphatic rings. The minimum atomic E-state index is 0.168. The number of anilines is 1. The van der Waals surface area contributed by atoms with E-state index in [0.29, 0.717) is 0 Å². The molecule has 1 fully saturated rings. The van der Waals surface area contributed by atoms with Crippen LogP contribution in [0.2, 0.25) is 0 Å². The number of hydrogen-bond donors (Lipinski definition) is 1. The highest BCUT2D eigenvalue weighted by molar-refractivity contribution is 5.55. The van der Waals surface area contributed by atoms with Crippen molar-refractivity contribution < 1.29 is 0 Å². The zero-order valence-corrected chi connectivity index (χ0v) is 11.7. The molecule has 2 nitrogen and oxygen atoms in total. The van der Waals surface area contributed by atoms with E-state index in [-0.39, 0.29) is 6.04 Å². The van der Waals surface area contributed by atoms with Gasteiger partial charge in [0.25, 0.3) is 0 Å². The maximum Gasteiger partial charge on any atom is 0.0414 e. The quantitative estimate of drug-likeness (QED) is 0.880. The lowest BCUT2D eigenvalue weighted by atomic mass is 10.0. The molecule has 2 N–H and O–H groups in total. The molecule has 1 saturated heterocycles. The third-order valence-corrected chi connectivity index (χ3v) is 4.13. The van der Waals surface area contributed by atoms with E-state index in [1.165, 1.54) is 43.6 Å². The van der Waals surface area contributed by atoms with Gasteiger partial charge in [-0.3, -0.25) is 0 Å². The van der Waals surface area contributed by atoms with Gasteiger partial charge in [0.1, 0.15) is 0 Å². The van der Waals surface area contributed by atoms with Crippen LogP contribution in [0.15, 0.2) is 24.3 Å². The zero-order valence-electron chi connectivity index (χ0n) is 11.7. The molecule has 0 amide bonds. The molecule has 0 aliphatic carbocycles. The summed E-state index contributed by atoms with van der Waals surface area (Å²) in [5, 5.41) is 0. The predicted octanol–water partition coefficient (Wildman–Crippen LogP) is 3.72. The lowest BCUT2D eigenvalue weighted by molar-refractivity contribution is 0.521. The van der Waals surface area contributed by atoms with Gasteiger partial charge in [0.2, 0.25) is 0 Å². The van der Waals surface area contributed by atoms with E-state index in [1.54, 1.807) is 0 Å². The van der Waals surface area contributed by atoms with Crippen molar-refractivity contribution in [2.75, 3.05) is 18.0 Å². The Hall–Kier alpha value is -1.02. The fourth-order valence-electron chi connectivity index (χ4n) is 2.81. The Morgan fingerprint density at radius 3 is 2.83 bits per heavy atom. The van der Waals surface area contributed by atoms with E-state index in [0.717, 1.165) is 12.3 Å². The highest BCUT2D eigenvalue weighted by Gasteiger charge is 2.18. The van der Waals surface area contributed by atoms with E-state index in [1.807, 2.05) is 0 Å². The molecule has 2 heteroatoms. The van der Waals surface area contributed by atoms with Crippen molar-refractivity contribution in [3.05, 3.63) is 29.8 Å². The van der Waals surface area contributed by atoms with Crippen LogP contribution in [0.3, 0.4) is 0 Å².